The topological polar surface area (TPSA) is 109 Å². The molecule has 0 amide bonds. The molecule has 0 aromatic rings. The van der Waals surface area contributed by atoms with Crippen LogP contribution in [0.3, 0.4) is 0 Å². The van der Waals surface area contributed by atoms with E-state index in [0.717, 1.165) is 28.9 Å². The third-order valence-corrected chi connectivity index (χ3v) is 60.1. The Bertz CT molecular complexity index is 1270. The summed E-state index contributed by atoms with van der Waals surface area (Å²) in [5, 5.41) is 17.9. The van der Waals surface area contributed by atoms with Gasteiger partial charge in [-0.15, -0.1) is 0 Å². The van der Waals surface area contributed by atoms with Crippen molar-refractivity contribution in [2.75, 3.05) is 0 Å². The summed E-state index contributed by atoms with van der Waals surface area (Å²) in [5.74, 6) is -1.10. The Labute approximate surface area is 145 Å². The van der Waals surface area contributed by atoms with Crippen molar-refractivity contribution in [2.24, 2.45) is 0 Å². The first-order chi connectivity index (χ1) is 12.6. The molecule has 0 radical (unpaired) electrons. The van der Waals surface area contributed by atoms with Gasteiger partial charge in [-0.2, -0.15) is 0 Å². The van der Waals surface area contributed by atoms with Gasteiger partial charge in [0.15, 0.2) is 0 Å². The zero-order chi connectivity index (χ0) is 18.5. The number of carbonyl (C=O) groups is 4. The van der Waals surface area contributed by atoms with E-state index < -0.39 is 18.4 Å². The second-order valence-electron chi connectivity index (χ2n) is 13.1. The van der Waals surface area contributed by atoms with Crippen LogP contribution >= 0.6 is 0 Å². The van der Waals surface area contributed by atoms with Crippen LogP contribution in [0.15, 0.2) is 0 Å². The molecule has 10 aliphatic heterocycles. The number of fused-ring (bicyclic) bond motifs is 10. The summed E-state index contributed by atoms with van der Waals surface area (Å²) in [4.78, 5) is 55.4. The first kappa shape index (κ1) is 13.1. The number of carboxylic acid groups (broad SMARTS) is 2. The molecule has 2 N–H and O–H groups in total. The molecule has 10 heterocycles. The quantitative estimate of drug-likeness (QED) is 0.527. The van der Waals surface area contributed by atoms with E-state index in [9.17, 15) is 19.2 Å². The van der Waals surface area contributed by atoms with Gasteiger partial charge in [0.05, 0.1) is 0 Å². The van der Waals surface area contributed by atoms with E-state index in [1.165, 1.54) is 0 Å². The van der Waals surface area contributed by atoms with Gasteiger partial charge in [0.25, 0.3) is 0 Å². The van der Waals surface area contributed by atoms with E-state index in [2.05, 4.69) is 0 Å². The summed E-state index contributed by atoms with van der Waals surface area (Å²) >= 11 is 0. The summed E-state index contributed by atoms with van der Waals surface area (Å²) in [7, 11) is 0. The molecule has 10 rings (SSSR count). The molecule has 146 valence electrons. The van der Waals surface area contributed by atoms with Crippen LogP contribution in [0.1, 0.15) is 38.5 Å². The van der Waals surface area contributed by atoms with Crippen molar-refractivity contribution >= 4 is 23.5 Å². The molecule has 10 aliphatic rings. The molecule has 4 atom stereocenters. The average molecular weight is 414 g/mol. The molecule has 7 heteroatoms. The number of aliphatic carboxylic acids is 2. The second kappa shape index (κ2) is 1.47. The summed E-state index contributed by atoms with van der Waals surface area (Å²) in [6.45, 7) is -4.14. The van der Waals surface area contributed by atoms with Crippen LogP contribution in [0.25, 0.3) is 0 Å². The Kier molecular flexibility index (Phi) is 0.713. The van der Waals surface area contributed by atoms with Crippen LogP contribution in [0.5, 0.6) is 0 Å². The van der Waals surface area contributed by atoms with Crippen molar-refractivity contribution in [3.05, 3.63) is 0 Å². The Morgan fingerprint density at radius 1 is 0.630 bits per heavy atom. The van der Waals surface area contributed by atoms with Gasteiger partial charge in [0.2, 0.25) is 0 Å². The molecule has 6 nitrogen and oxygen atoms in total. The Balaban J connectivity index is 1.13. The molecule has 0 aromatic carbocycles. The standard InChI is InChI=1S/C15H17O6.C5H5.Fe/c16-12(6-2-8-14(18)19)10-4-1-5-11(10)13(17)7-3-9-15(20)21;1-2-4-5-3-1;/h1,4-5H,2-3,6-9H2,(H,18,19)(H,20,21);1-5H;. The zero-order valence-corrected chi connectivity index (χ0v) is 15.8. The van der Waals surface area contributed by atoms with Gasteiger partial charge >= 0.3 is 145 Å². The minimum atomic E-state index is -4.14. The number of ketones is 2. The SMILES string of the molecule is O=C(O)CCCC(=O)[C]12[CH]3[CH]4[CH]5[C]1(C(=O)CCCC(=O)O)[Fe]43521678[CH]2[CH]1[CH]6[CH]7[CH]28. The van der Waals surface area contributed by atoms with Gasteiger partial charge in [0, 0.05) is 0 Å². The van der Waals surface area contributed by atoms with E-state index in [-0.39, 0.29) is 21.5 Å². The van der Waals surface area contributed by atoms with Gasteiger partial charge in [-0.1, -0.05) is 0 Å². The van der Waals surface area contributed by atoms with E-state index in [4.69, 9.17) is 10.2 Å². The maximum absolute atomic E-state index is 13.7. The van der Waals surface area contributed by atoms with Crippen molar-refractivity contribution in [3.63, 3.8) is 0 Å². The Hall–Kier alpha value is -1.20. The molecular weight excluding hydrogens is 392 g/mol. The fourth-order valence-electron chi connectivity index (χ4n) is 19.3. The normalized spacial score (nSPS) is 81.6. The van der Waals surface area contributed by atoms with Crippen molar-refractivity contribution < 1.29 is 35.9 Å². The van der Waals surface area contributed by atoms with Crippen LogP contribution < -0.4 is 0 Å². The maximum atomic E-state index is 13.7. The van der Waals surface area contributed by atoms with E-state index >= 15 is 0 Å². The van der Waals surface area contributed by atoms with Gasteiger partial charge in [-0.25, -0.2) is 0 Å². The number of hydrogen-bond donors (Lipinski definition) is 2. The molecule has 0 bridgehead atoms. The van der Waals surface area contributed by atoms with Gasteiger partial charge < -0.3 is 0 Å². The monoisotopic (exact) mass is 414 g/mol. The van der Waals surface area contributed by atoms with Gasteiger partial charge in [-0.3, -0.25) is 0 Å². The number of carbonyl (C=O) groups excluding carboxylic acids is 2. The number of hydrogen-bond acceptors (Lipinski definition) is 4. The van der Waals surface area contributed by atoms with Gasteiger partial charge in [-0.05, 0) is 0 Å². The van der Waals surface area contributed by atoms with E-state index in [1.54, 1.807) is 0 Å². The fraction of sp³-hybridized carbons (Fsp3) is 0.800. The van der Waals surface area contributed by atoms with E-state index in [1.807, 2.05) is 0 Å². The van der Waals surface area contributed by atoms with Crippen molar-refractivity contribution in [1.29, 1.82) is 0 Å². The molecular formula is C20H22FeO6. The molecule has 0 saturated carbocycles. The first-order valence-electron chi connectivity index (χ1n) is 10.3. The van der Waals surface area contributed by atoms with Crippen LogP contribution in [-0.4, -0.2) is 33.7 Å². The molecule has 10 saturated heterocycles. The van der Waals surface area contributed by atoms with Crippen molar-refractivity contribution in [3.8, 4) is 0 Å². The first-order valence-corrected chi connectivity index (χ1v) is 16.5. The van der Waals surface area contributed by atoms with Crippen LogP contribution in [0.2, 0.25) is 47.2 Å². The third kappa shape index (κ3) is 0.207. The zero-order valence-electron chi connectivity index (χ0n) is 14.7. The summed E-state index contributed by atoms with van der Waals surface area (Å²) in [6, 6.07) is 0. The summed E-state index contributed by atoms with van der Waals surface area (Å²) in [5.41, 5.74) is 0. The van der Waals surface area contributed by atoms with Crippen LogP contribution in [0.4, 0.5) is 0 Å². The van der Waals surface area contributed by atoms with Gasteiger partial charge in [0.1, 0.15) is 0 Å². The number of Topliss-reactive ketones (excluding diaryl/α,β-unsaturated/α-hetero) is 2. The second-order valence-corrected chi connectivity index (χ2v) is 36.3. The fourth-order valence-corrected chi connectivity index (χ4v) is 95.3. The molecule has 0 aromatic heterocycles. The predicted molar refractivity (Wildman–Crippen MR) is 88.4 cm³/mol. The Morgan fingerprint density at radius 2 is 1.00 bits per heavy atom. The Morgan fingerprint density at radius 3 is 1.26 bits per heavy atom. The molecule has 0 aliphatic carbocycles. The molecule has 4 unspecified atom stereocenters. The molecule has 10 fully saturated rings. The van der Waals surface area contributed by atoms with Crippen molar-refractivity contribution in [2.45, 2.75) is 85.7 Å². The third-order valence-electron chi connectivity index (χ3n) is 17.3. The average Bonchev–Trinajstić information content (AvgIpc) is 3.52. The minimum absolute atomic E-state index is 0.0354. The summed E-state index contributed by atoms with van der Waals surface area (Å²) in [6.07, 6.45) is 1.58. The number of rotatable bonds is 10. The molecule has 1 spiro atoms. The summed E-state index contributed by atoms with van der Waals surface area (Å²) < 4.78 is -0.463. The van der Waals surface area contributed by atoms with Crippen LogP contribution in [-0.2, 0) is 25.7 Å². The predicted octanol–water partition coefficient (Wildman–Crippen LogP) is 3.76. The number of carboxylic acids is 2. The van der Waals surface area contributed by atoms with Crippen LogP contribution in [0, 0.1) is 0 Å². The molecule has 27 heavy (non-hydrogen) atoms. The van der Waals surface area contributed by atoms with E-state index in [0.29, 0.717) is 46.9 Å². The van der Waals surface area contributed by atoms with Crippen molar-refractivity contribution in [1.82, 2.24) is 0 Å².